The zero-order valence-electron chi connectivity index (χ0n) is 13.5. The van der Waals surface area contributed by atoms with Gasteiger partial charge in [-0.1, -0.05) is 25.5 Å². The van der Waals surface area contributed by atoms with E-state index in [4.69, 9.17) is 4.74 Å². The second-order valence-electron chi connectivity index (χ2n) is 6.98. The van der Waals surface area contributed by atoms with Crippen LogP contribution in [0.3, 0.4) is 0 Å². The summed E-state index contributed by atoms with van der Waals surface area (Å²) in [6, 6.07) is 9.22. The summed E-state index contributed by atoms with van der Waals surface area (Å²) >= 11 is 0. The Kier molecular flexibility index (Phi) is 4.84. The highest BCUT2D eigenvalue weighted by Gasteiger charge is 2.39. The van der Waals surface area contributed by atoms with E-state index in [2.05, 4.69) is 36.5 Å². The monoisotopic (exact) mass is 287 g/mol. The van der Waals surface area contributed by atoms with Crippen molar-refractivity contribution in [2.45, 2.75) is 51.5 Å². The molecular weight excluding hydrogens is 258 g/mol. The summed E-state index contributed by atoms with van der Waals surface area (Å²) in [6.45, 7) is 3.30. The molecule has 0 heterocycles. The average Bonchev–Trinajstić information content (AvgIpc) is 3.11. The molecule has 2 fully saturated rings. The molecule has 21 heavy (non-hydrogen) atoms. The second kappa shape index (κ2) is 6.83. The maximum absolute atomic E-state index is 5.25. The largest absolute Gasteiger partial charge is 0.497 e. The molecule has 2 aliphatic rings. The molecule has 1 N–H and O–H groups in total. The average molecular weight is 287 g/mol. The van der Waals surface area contributed by atoms with Gasteiger partial charge in [-0.3, -0.25) is 0 Å². The maximum atomic E-state index is 5.25. The van der Waals surface area contributed by atoms with Gasteiger partial charge in [0.1, 0.15) is 5.75 Å². The minimum absolute atomic E-state index is 0.632. The first-order valence-corrected chi connectivity index (χ1v) is 8.64. The van der Waals surface area contributed by atoms with Gasteiger partial charge in [-0.2, -0.15) is 0 Å². The molecule has 4 unspecified atom stereocenters. The Labute approximate surface area is 129 Å². The van der Waals surface area contributed by atoms with Crippen molar-refractivity contribution in [3.63, 3.8) is 0 Å². The van der Waals surface area contributed by atoms with Crippen LogP contribution in [0.2, 0.25) is 0 Å². The maximum Gasteiger partial charge on any atom is 0.118 e. The van der Waals surface area contributed by atoms with Crippen molar-refractivity contribution >= 4 is 0 Å². The second-order valence-corrected chi connectivity index (χ2v) is 6.98. The van der Waals surface area contributed by atoms with E-state index in [0.29, 0.717) is 6.04 Å². The molecular formula is C19H29NO. The van der Waals surface area contributed by atoms with Crippen LogP contribution in [0.5, 0.6) is 5.75 Å². The van der Waals surface area contributed by atoms with Gasteiger partial charge in [-0.25, -0.2) is 0 Å². The fourth-order valence-corrected chi connectivity index (χ4v) is 4.60. The summed E-state index contributed by atoms with van der Waals surface area (Å²) in [5.74, 6) is 4.02. The molecule has 116 valence electrons. The lowest BCUT2D eigenvalue weighted by molar-refractivity contribution is 0.278. The quantitative estimate of drug-likeness (QED) is 0.817. The van der Waals surface area contributed by atoms with Gasteiger partial charge in [0.05, 0.1) is 7.11 Å². The predicted octanol–water partition coefficient (Wildman–Crippen LogP) is 4.04. The fraction of sp³-hybridized carbons (Fsp3) is 0.684. The molecule has 0 radical (unpaired) electrons. The molecule has 3 rings (SSSR count). The lowest BCUT2D eigenvalue weighted by Gasteiger charge is -2.27. The minimum atomic E-state index is 0.632. The van der Waals surface area contributed by atoms with Crippen molar-refractivity contribution in [3.8, 4) is 5.75 Å². The summed E-state index contributed by atoms with van der Waals surface area (Å²) in [4.78, 5) is 0. The SMILES string of the molecule is CCNC(Cc1ccc(OC)cc1)CC1CC2CCC1C2. The normalized spacial score (nSPS) is 28.8. The van der Waals surface area contributed by atoms with E-state index in [0.717, 1.165) is 36.5 Å². The van der Waals surface area contributed by atoms with E-state index in [-0.39, 0.29) is 0 Å². The zero-order chi connectivity index (χ0) is 14.7. The lowest BCUT2D eigenvalue weighted by atomic mass is 9.83. The molecule has 1 aromatic carbocycles. The van der Waals surface area contributed by atoms with Crippen molar-refractivity contribution in [1.82, 2.24) is 5.32 Å². The third-order valence-corrected chi connectivity index (χ3v) is 5.61. The van der Waals surface area contributed by atoms with Crippen LogP contribution in [0.15, 0.2) is 24.3 Å². The predicted molar refractivity (Wildman–Crippen MR) is 87.7 cm³/mol. The summed E-state index contributed by atoms with van der Waals surface area (Å²) in [6.07, 6.45) is 8.52. The molecule has 2 saturated carbocycles. The lowest BCUT2D eigenvalue weighted by Crippen LogP contribution is -2.34. The number of benzene rings is 1. The van der Waals surface area contributed by atoms with Gasteiger partial charge in [0, 0.05) is 6.04 Å². The first-order chi connectivity index (χ1) is 10.3. The molecule has 0 spiro atoms. The van der Waals surface area contributed by atoms with Crippen LogP contribution in [-0.2, 0) is 6.42 Å². The van der Waals surface area contributed by atoms with Crippen LogP contribution >= 0.6 is 0 Å². The van der Waals surface area contributed by atoms with Crippen molar-refractivity contribution in [2.75, 3.05) is 13.7 Å². The number of likely N-dealkylation sites (N-methyl/N-ethyl adjacent to an activating group) is 1. The van der Waals surface area contributed by atoms with Crippen LogP contribution < -0.4 is 10.1 Å². The highest BCUT2D eigenvalue weighted by Crippen LogP contribution is 2.50. The Morgan fingerprint density at radius 1 is 1.19 bits per heavy atom. The first-order valence-electron chi connectivity index (χ1n) is 8.64. The third-order valence-electron chi connectivity index (χ3n) is 5.61. The van der Waals surface area contributed by atoms with Crippen LogP contribution in [0, 0.1) is 17.8 Å². The molecule has 0 amide bonds. The Morgan fingerprint density at radius 3 is 2.57 bits per heavy atom. The highest BCUT2D eigenvalue weighted by atomic mass is 16.5. The van der Waals surface area contributed by atoms with Crippen LogP contribution in [0.4, 0.5) is 0 Å². The fourth-order valence-electron chi connectivity index (χ4n) is 4.60. The third kappa shape index (κ3) is 3.60. The smallest absolute Gasteiger partial charge is 0.118 e. The van der Waals surface area contributed by atoms with Gasteiger partial charge in [0.25, 0.3) is 0 Å². The summed E-state index contributed by atoms with van der Waals surface area (Å²) in [5, 5.41) is 3.71. The van der Waals surface area contributed by atoms with E-state index in [1.165, 1.54) is 37.7 Å². The molecule has 2 nitrogen and oxygen atoms in total. The summed E-state index contributed by atoms with van der Waals surface area (Å²) in [5.41, 5.74) is 1.42. The van der Waals surface area contributed by atoms with Crippen LogP contribution in [0.1, 0.15) is 44.6 Å². The summed E-state index contributed by atoms with van der Waals surface area (Å²) < 4.78 is 5.25. The van der Waals surface area contributed by atoms with Gasteiger partial charge in [-0.05, 0) is 74.1 Å². The number of rotatable bonds is 7. The molecule has 2 heteroatoms. The van der Waals surface area contributed by atoms with Gasteiger partial charge in [0.2, 0.25) is 0 Å². The molecule has 2 bridgehead atoms. The molecule has 0 aromatic heterocycles. The zero-order valence-corrected chi connectivity index (χ0v) is 13.5. The van der Waals surface area contributed by atoms with Crippen LogP contribution in [-0.4, -0.2) is 19.7 Å². The van der Waals surface area contributed by atoms with E-state index in [9.17, 15) is 0 Å². The van der Waals surface area contributed by atoms with E-state index in [1.54, 1.807) is 7.11 Å². The van der Waals surface area contributed by atoms with E-state index < -0.39 is 0 Å². The highest BCUT2D eigenvalue weighted by molar-refractivity contribution is 5.27. The minimum Gasteiger partial charge on any atom is -0.497 e. The van der Waals surface area contributed by atoms with Crippen LogP contribution in [0.25, 0.3) is 0 Å². The first kappa shape index (κ1) is 14.9. The van der Waals surface area contributed by atoms with Gasteiger partial charge in [0.15, 0.2) is 0 Å². The Balaban J connectivity index is 1.58. The number of nitrogens with one attached hydrogen (secondary N) is 1. The van der Waals surface area contributed by atoms with Crippen molar-refractivity contribution in [1.29, 1.82) is 0 Å². The number of ether oxygens (including phenoxy) is 1. The number of hydrogen-bond donors (Lipinski definition) is 1. The van der Waals surface area contributed by atoms with Gasteiger partial charge >= 0.3 is 0 Å². The molecule has 1 aromatic rings. The number of fused-ring (bicyclic) bond motifs is 2. The molecule has 0 aliphatic heterocycles. The Morgan fingerprint density at radius 2 is 2.00 bits per heavy atom. The van der Waals surface area contributed by atoms with E-state index in [1.807, 2.05) is 0 Å². The van der Waals surface area contributed by atoms with Crippen molar-refractivity contribution < 1.29 is 4.74 Å². The summed E-state index contributed by atoms with van der Waals surface area (Å²) in [7, 11) is 1.73. The number of methoxy groups -OCH3 is 1. The molecule has 0 saturated heterocycles. The topological polar surface area (TPSA) is 21.3 Å². The van der Waals surface area contributed by atoms with Gasteiger partial charge in [-0.15, -0.1) is 0 Å². The molecule has 4 atom stereocenters. The number of hydrogen-bond acceptors (Lipinski definition) is 2. The van der Waals surface area contributed by atoms with Crippen molar-refractivity contribution in [2.24, 2.45) is 17.8 Å². The van der Waals surface area contributed by atoms with Gasteiger partial charge < -0.3 is 10.1 Å². The molecule has 2 aliphatic carbocycles. The van der Waals surface area contributed by atoms with E-state index >= 15 is 0 Å². The Bertz CT molecular complexity index is 441. The van der Waals surface area contributed by atoms with Crippen molar-refractivity contribution in [3.05, 3.63) is 29.8 Å². The Hall–Kier alpha value is -1.02. The standard InChI is InChI=1S/C19H29NO/c1-3-20-18(12-14-5-8-19(21-2)9-6-14)13-17-11-15-4-7-16(17)10-15/h5-6,8-9,15-18,20H,3-4,7,10-13H2,1-2H3.